The second-order valence-corrected chi connectivity index (χ2v) is 5.91. The summed E-state index contributed by atoms with van der Waals surface area (Å²) < 4.78 is 31.2. The minimum Gasteiger partial charge on any atom is -0.345 e. The molecule has 1 heterocycles. The summed E-state index contributed by atoms with van der Waals surface area (Å²) in [6.07, 6.45) is 2.73. The standard InChI is InChI=1S/C15H12N4O4S/c16-9-11(10-18-14-6-1-2-7-17-14)15(20)19-12-4-3-5-13(8-12)24(21,22)23/h1-8,10H,(H,17,18)(H,19,20)(H,21,22,23)/b11-10-. The first kappa shape index (κ1) is 17.1. The molecule has 9 heteroatoms. The minimum absolute atomic E-state index is 0.120. The Morgan fingerprint density at radius 2 is 2.04 bits per heavy atom. The van der Waals surface area contributed by atoms with Gasteiger partial charge in [0.25, 0.3) is 16.0 Å². The van der Waals surface area contributed by atoms with Gasteiger partial charge >= 0.3 is 0 Å². The number of nitrogens with one attached hydrogen (secondary N) is 2. The molecule has 0 spiro atoms. The zero-order chi connectivity index (χ0) is 17.6. The van der Waals surface area contributed by atoms with Crippen molar-refractivity contribution in [2.75, 3.05) is 10.6 Å². The van der Waals surface area contributed by atoms with Crippen molar-refractivity contribution in [3.05, 3.63) is 60.4 Å². The summed E-state index contributed by atoms with van der Waals surface area (Å²) in [5.41, 5.74) is -0.118. The highest BCUT2D eigenvalue weighted by molar-refractivity contribution is 7.85. The maximum atomic E-state index is 12.1. The average Bonchev–Trinajstić information content (AvgIpc) is 2.56. The summed E-state index contributed by atoms with van der Waals surface area (Å²) in [4.78, 5) is 15.7. The normalized spacial score (nSPS) is 11.4. The van der Waals surface area contributed by atoms with Crippen LogP contribution in [0.5, 0.6) is 0 Å². The fourth-order valence-electron chi connectivity index (χ4n) is 1.68. The fraction of sp³-hybridized carbons (Fsp3) is 0. The molecule has 0 atom stereocenters. The van der Waals surface area contributed by atoms with E-state index < -0.39 is 16.0 Å². The van der Waals surface area contributed by atoms with E-state index >= 15 is 0 Å². The van der Waals surface area contributed by atoms with E-state index in [1.807, 2.05) is 0 Å². The number of hydrogen-bond donors (Lipinski definition) is 3. The van der Waals surface area contributed by atoms with E-state index in [0.717, 1.165) is 6.07 Å². The molecule has 2 aromatic rings. The topological polar surface area (TPSA) is 132 Å². The van der Waals surface area contributed by atoms with Crippen LogP contribution in [0.3, 0.4) is 0 Å². The van der Waals surface area contributed by atoms with Crippen molar-refractivity contribution in [3.8, 4) is 6.07 Å². The van der Waals surface area contributed by atoms with Crippen LogP contribution in [0, 0.1) is 11.3 Å². The maximum Gasteiger partial charge on any atom is 0.294 e. The molecule has 8 nitrogen and oxygen atoms in total. The molecule has 1 aromatic heterocycles. The SMILES string of the molecule is N#C/C(=C/Nc1ccccn1)C(=O)Nc1cccc(S(=O)(=O)O)c1. The fourth-order valence-corrected chi connectivity index (χ4v) is 2.20. The van der Waals surface area contributed by atoms with Gasteiger partial charge in [0.05, 0.1) is 4.90 Å². The Morgan fingerprint density at radius 3 is 2.67 bits per heavy atom. The molecule has 1 aromatic carbocycles. The monoisotopic (exact) mass is 344 g/mol. The molecule has 0 saturated heterocycles. The van der Waals surface area contributed by atoms with Gasteiger partial charge in [0, 0.05) is 18.1 Å². The van der Waals surface area contributed by atoms with E-state index in [1.165, 1.54) is 24.4 Å². The third kappa shape index (κ3) is 4.64. The van der Waals surface area contributed by atoms with Gasteiger partial charge in [0.1, 0.15) is 17.5 Å². The van der Waals surface area contributed by atoms with Crippen LogP contribution in [0.25, 0.3) is 0 Å². The first-order valence-electron chi connectivity index (χ1n) is 6.57. The summed E-state index contributed by atoms with van der Waals surface area (Å²) >= 11 is 0. The largest absolute Gasteiger partial charge is 0.345 e. The number of amides is 1. The van der Waals surface area contributed by atoms with Gasteiger partial charge in [0.2, 0.25) is 0 Å². The summed E-state index contributed by atoms with van der Waals surface area (Å²) in [5.74, 6) is -0.292. The lowest BCUT2D eigenvalue weighted by molar-refractivity contribution is -0.112. The first-order valence-corrected chi connectivity index (χ1v) is 8.01. The van der Waals surface area contributed by atoms with Crippen molar-refractivity contribution < 1.29 is 17.8 Å². The summed E-state index contributed by atoms with van der Waals surface area (Å²) in [6.45, 7) is 0. The Morgan fingerprint density at radius 1 is 1.25 bits per heavy atom. The highest BCUT2D eigenvalue weighted by Crippen LogP contribution is 2.16. The Labute approximate surface area is 138 Å². The van der Waals surface area contributed by atoms with E-state index in [2.05, 4.69) is 15.6 Å². The van der Waals surface area contributed by atoms with Gasteiger partial charge in [0.15, 0.2) is 0 Å². The molecule has 0 aliphatic heterocycles. The van der Waals surface area contributed by atoms with Gasteiger partial charge in [-0.3, -0.25) is 9.35 Å². The molecule has 0 saturated carbocycles. The quantitative estimate of drug-likeness (QED) is 0.428. The third-order valence-electron chi connectivity index (χ3n) is 2.78. The molecular formula is C15H12N4O4S. The van der Waals surface area contributed by atoms with Gasteiger partial charge < -0.3 is 10.6 Å². The predicted octanol–water partition coefficient (Wildman–Crippen LogP) is 1.79. The zero-order valence-corrected chi connectivity index (χ0v) is 13.0. The van der Waals surface area contributed by atoms with Crippen LogP contribution in [0.2, 0.25) is 0 Å². The van der Waals surface area contributed by atoms with Crippen molar-refractivity contribution in [1.82, 2.24) is 4.98 Å². The molecule has 0 unspecified atom stereocenters. The number of benzene rings is 1. The molecule has 0 fully saturated rings. The number of nitrogens with zero attached hydrogens (tertiary/aromatic N) is 2. The second kappa shape index (κ2) is 7.36. The van der Waals surface area contributed by atoms with E-state index in [9.17, 15) is 13.2 Å². The molecule has 0 bridgehead atoms. The van der Waals surface area contributed by atoms with Gasteiger partial charge in [-0.05, 0) is 30.3 Å². The van der Waals surface area contributed by atoms with Crippen LogP contribution in [0.1, 0.15) is 0 Å². The lowest BCUT2D eigenvalue weighted by Gasteiger charge is -2.06. The van der Waals surface area contributed by atoms with Crippen molar-refractivity contribution in [2.45, 2.75) is 4.90 Å². The molecular weight excluding hydrogens is 332 g/mol. The van der Waals surface area contributed by atoms with Crippen LogP contribution in [0.4, 0.5) is 11.5 Å². The molecule has 0 aliphatic rings. The number of nitriles is 1. The summed E-state index contributed by atoms with van der Waals surface area (Å²) in [6, 6.07) is 11.9. The highest BCUT2D eigenvalue weighted by atomic mass is 32.2. The Kier molecular flexibility index (Phi) is 5.26. The second-order valence-electron chi connectivity index (χ2n) is 4.49. The average molecular weight is 344 g/mol. The van der Waals surface area contributed by atoms with Crippen LogP contribution < -0.4 is 10.6 Å². The van der Waals surface area contributed by atoms with E-state index in [4.69, 9.17) is 9.81 Å². The Bertz CT molecular complexity index is 918. The number of hydrogen-bond acceptors (Lipinski definition) is 6. The van der Waals surface area contributed by atoms with Crippen molar-refractivity contribution in [2.24, 2.45) is 0 Å². The number of carbonyl (C=O) groups excluding carboxylic acids is 1. The van der Waals surface area contributed by atoms with E-state index in [0.29, 0.717) is 5.82 Å². The highest BCUT2D eigenvalue weighted by Gasteiger charge is 2.13. The van der Waals surface area contributed by atoms with E-state index in [-0.39, 0.29) is 16.2 Å². The first-order chi connectivity index (χ1) is 11.4. The smallest absolute Gasteiger partial charge is 0.294 e. The van der Waals surface area contributed by atoms with Crippen LogP contribution in [0.15, 0.2) is 65.3 Å². The molecule has 24 heavy (non-hydrogen) atoms. The molecule has 3 N–H and O–H groups in total. The Balaban J connectivity index is 2.14. The van der Waals surface area contributed by atoms with Crippen LogP contribution >= 0.6 is 0 Å². The third-order valence-corrected chi connectivity index (χ3v) is 3.63. The van der Waals surface area contributed by atoms with Gasteiger partial charge in [-0.15, -0.1) is 0 Å². The van der Waals surface area contributed by atoms with Gasteiger partial charge in [-0.1, -0.05) is 12.1 Å². The maximum absolute atomic E-state index is 12.1. The van der Waals surface area contributed by atoms with Crippen molar-refractivity contribution in [1.29, 1.82) is 5.26 Å². The number of anilines is 2. The summed E-state index contributed by atoms with van der Waals surface area (Å²) in [7, 11) is -4.38. The number of aromatic nitrogens is 1. The minimum atomic E-state index is -4.38. The van der Waals surface area contributed by atoms with E-state index in [1.54, 1.807) is 30.5 Å². The van der Waals surface area contributed by atoms with Crippen molar-refractivity contribution >= 4 is 27.5 Å². The number of rotatable bonds is 5. The molecule has 2 rings (SSSR count). The molecule has 1 amide bonds. The summed E-state index contributed by atoms with van der Waals surface area (Å²) in [5, 5.41) is 14.1. The number of pyridine rings is 1. The van der Waals surface area contributed by atoms with Gasteiger partial charge in [-0.25, -0.2) is 4.98 Å². The van der Waals surface area contributed by atoms with Gasteiger partial charge in [-0.2, -0.15) is 13.7 Å². The lowest BCUT2D eigenvalue weighted by atomic mass is 10.2. The number of carbonyl (C=O) groups is 1. The molecule has 0 aliphatic carbocycles. The molecule has 0 radical (unpaired) electrons. The Hall–Kier alpha value is -3.22. The zero-order valence-electron chi connectivity index (χ0n) is 12.2. The lowest BCUT2D eigenvalue weighted by Crippen LogP contribution is -2.15. The molecule has 122 valence electrons. The predicted molar refractivity (Wildman–Crippen MR) is 86.4 cm³/mol. The van der Waals surface area contributed by atoms with Crippen LogP contribution in [-0.2, 0) is 14.9 Å². The van der Waals surface area contributed by atoms with Crippen molar-refractivity contribution in [3.63, 3.8) is 0 Å². The van der Waals surface area contributed by atoms with Crippen LogP contribution in [-0.4, -0.2) is 23.9 Å².